The molecule has 0 atom stereocenters. The minimum absolute atomic E-state index is 0.0526. The molecule has 0 N–H and O–H groups in total. The molecular formula is C80H49BN2. The Morgan fingerprint density at radius 1 is 0.217 bits per heavy atom. The largest absolute Gasteiger partial charge is 0.311 e. The normalized spacial score (nSPS) is 14.6. The average molecular weight is 1050 g/mol. The molecule has 0 bridgehead atoms. The summed E-state index contributed by atoms with van der Waals surface area (Å²) in [4.78, 5) is 5.20. The van der Waals surface area contributed by atoms with E-state index in [2.05, 4.69) is 307 Å². The van der Waals surface area contributed by atoms with E-state index in [1.54, 1.807) is 0 Å². The predicted octanol–water partition coefficient (Wildman–Crippen LogP) is 17.8. The van der Waals surface area contributed by atoms with Crippen molar-refractivity contribution in [1.82, 2.24) is 0 Å². The molecule has 382 valence electrons. The Balaban J connectivity index is 0.858. The maximum atomic E-state index is 2.60. The maximum absolute atomic E-state index is 2.60. The van der Waals surface area contributed by atoms with E-state index in [0.717, 1.165) is 11.4 Å². The summed E-state index contributed by atoms with van der Waals surface area (Å²) in [7, 11) is 0. The first-order valence-electron chi connectivity index (χ1n) is 29.2. The van der Waals surface area contributed by atoms with E-state index in [1.807, 2.05) is 0 Å². The van der Waals surface area contributed by atoms with Crippen molar-refractivity contribution in [3.63, 3.8) is 0 Å². The first-order valence-corrected chi connectivity index (χ1v) is 29.2. The zero-order valence-corrected chi connectivity index (χ0v) is 45.3. The van der Waals surface area contributed by atoms with E-state index in [1.165, 1.54) is 150 Å². The second-order valence-electron chi connectivity index (χ2n) is 23.3. The third-order valence-electron chi connectivity index (χ3n) is 19.7. The van der Waals surface area contributed by atoms with Gasteiger partial charge in [0, 0.05) is 34.1 Å². The van der Waals surface area contributed by atoms with Gasteiger partial charge in [0.2, 0.25) is 0 Å². The number of benzene rings is 13. The molecule has 0 radical (unpaired) electrons. The van der Waals surface area contributed by atoms with Crippen LogP contribution in [0.3, 0.4) is 0 Å². The molecule has 4 aliphatic carbocycles. The molecule has 0 saturated heterocycles. The Kier molecular flexibility index (Phi) is 9.04. The van der Waals surface area contributed by atoms with Crippen molar-refractivity contribution < 1.29 is 0 Å². The van der Waals surface area contributed by atoms with Crippen LogP contribution in [0.25, 0.3) is 66.8 Å². The molecule has 13 aromatic carbocycles. The maximum Gasteiger partial charge on any atom is 0.252 e. The van der Waals surface area contributed by atoms with Crippen molar-refractivity contribution in [2.24, 2.45) is 0 Å². The fraction of sp³-hybridized carbons (Fsp3) is 0.0250. The van der Waals surface area contributed by atoms with E-state index >= 15 is 0 Å². The summed E-state index contributed by atoms with van der Waals surface area (Å²) in [5.41, 5.74) is 36.0. The SMILES string of the molecule is c1ccc(-c2ccc3c(c2)N(c2ccc4c(c2)-c2ccccc2C42c4ccccc4-c4ccccc42)c2cccc4c2B3c2ccc(-c3ccccc3)cc2N4c2ccc3c(c2)-c2ccccc2C32c3ccccc3-c3ccccc32)cc1. The topological polar surface area (TPSA) is 6.48 Å². The molecular weight excluding hydrogens is 1000 g/mol. The Morgan fingerprint density at radius 2 is 0.530 bits per heavy atom. The molecule has 2 nitrogen and oxygen atoms in total. The van der Waals surface area contributed by atoms with E-state index in [4.69, 9.17) is 0 Å². The summed E-state index contributed by atoms with van der Waals surface area (Å²) in [5, 5.41) is 0. The third kappa shape index (κ3) is 5.74. The number of nitrogens with zero attached hydrogens (tertiary/aromatic N) is 2. The summed E-state index contributed by atoms with van der Waals surface area (Å²) in [6, 6.07) is 113. The van der Waals surface area contributed by atoms with Gasteiger partial charge in [-0.2, -0.15) is 0 Å². The monoisotopic (exact) mass is 1050 g/mol. The Hall–Kier alpha value is -10.5. The standard InChI is InChI=1S/C80H49BN2/c1-3-20-50(21-4-1)52-38-44-72-76(46-52)82(54-40-42-70-62(48-54)60-28-11-17-34-68(60)79(70)64-30-13-7-24-56(64)57-25-8-14-31-65(57)79)74-36-19-37-75-78(74)81(72)73-45-39-53(51-22-5-2-6-23-51)47-77(73)83(75)55-41-43-71-63(49-55)61-29-12-18-35-69(61)80(71)66-32-15-9-26-58(66)59-27-10-16-33-67(59)80/h1-49H. The van der Waals surface area contributed by atoms with Gasteiger partial charge in [0.15, 0.2) is 0 Å². The molecule has 0 saturated carbocycles. The quantitative estimate of drug-likeness (QED) is 0.162. The lowest BCUT2D eigenvalue weighted by Gasteiger charge is -2.44. The van der Waals surface area contributed by atoms with Crippen LogP contribution in [0, 0.1) is 0 Å². The van der Waals surface area contributed by atoms with Gasteiger partial charge in [-0.1, -0.05) is 249 Å². The van der Waals surface area contributed by atoms with E-state index < -0.39 is 10.8 Å². The zero-order valence-electron chi connectivity index (χ0n) is 45.3. The lowest BCUT2D eigenvalue weighted by Crippen LogP contribution is -2.61. The van der Waals surface area contributed by atoms with Crippen LogP contribution in [-0.2, 0) is 10.8 Å². The Morgan fingerprint density at radius 3 is 0.892 bits per heavy atom. The Labute approximate surface area is 483 Å². The van der Waals surface area contributed by atoms with Crippen LogP contribution in [0.5, 0.6) is 0 Å². The minimum atomic E-state index is -0.432. The molecule has 2 aliphatic heterocycles. The van der Waals surface area contributed by atoms with Crippen LogP contribution in [0.15, 0.2) is 297 Å². The van der Waals surface area contributed by atoms with Crippen LogP contribution < -0.4 is 26.2 Å². The van der Waals surface area contributed by atoms with Crippen LogP contribution in [-0.4, -0.2) is 6.71 Å². The van der Waals surface area contributed by atoms with Crippen LogP contribution in [0.1, 0.15) is 44.5 Å². The van der Waals surface area contributed by atoms with Gasteiger partial charge in [0.05, 0.1) is 10.8 Å². The summed E-state index contributed by atoms with van der Waals surface area (Å²) < 4.78 is 0. The number of hydrogen-bond acceptors (Lipinski definition) is 2. The summed E-state index contributed by atoms with van der Waals surface area (Å²) >= 11 is 0. The van der Waals surface area contributed by atoms with Crippen molar-refractivity contribution in [2.45, 2.75) is 10.8 Å². The second-order valence-corrected chi connectivity index (χ2v) is 23.3. The molecule has 2 heterocycles. The lowest BCUT2D eigenvalue weighted by molar-refractivity contribution is 0.794. The van der Waals surface area contributed by atoms with Gasteiger partial charge in [-0.15, -0.1) is 0 Å². The molecule has 13 aromatic rings. The zero-order chi connectivity index (χ0) is 54.1. The van der Waals surface area contributed by atoms with Crippen LogP contribution >= 0.6 is 0 Å². The molecule has 19 rings (SSSR count). The second kappa shape index (κ2) is 16.6. The van der Waals surface area contributed by atoms with Crippen molar-refractivity contribution in [3.8, 4) is 66.8 Å². The minimum Gasteiger partial charge on any atom is -0.311 e. The fourth-order valence-corrected chi connectivity index (χ4v) is 16.6. The first kappa shape index (κ1) is 45.3. The fourth-order valence-electron chi connectivity index (χ4n) is 16.6. The molecule has 0 amide bonds. The molecule has 0 fully saturated rings. The van der Waals surface area contributed by atoms with Gasteiger partial charge in [-0.05, 0) is 176 Å². The highest BCUT2D eigenvalue weighted by Crippen LogP contribution is 2.65. The number of anilines is 6. The van der Waals surface area contributed by atoms with Gasteiger partial charge in [0.25, 0.3) is 6.71 Å². The smallest absolute Gasteiger partial charge is 0.252 e. The van der Waals surface area contributed by atoms with Gasteiger partial charge in [0.1, 0.15) is 0 Å². The molecule has 0 aromatic heterocycles. The summed E-state index contributed by atoms with van der Waals surface area (Å²) in [5.74, 6) is 0. The highest BCUT2D eigenvalue weighted by molar-refractivity contribution is 7.00. The number of fused-ring (bicyclic) bond motifs is 24. The molecule has 6 aliphatic rings. The Bertz CT molecular complexity index is 4560. The van der Waals surface area contributed by atoms with Gasteiger partial charge in [-0.25, -0.2) is 0 Å². The van der Waals surface area contributed by atoms with E-state index in [0.29, 0.717) is 0 Å². The van der Waals surface area contributed by atoms with Crippen molar-refractivity contribution in [3.05, 3.63) is 342 Å². The first-order chi connectivity index (χ1) is 41.2. The molecule has 83 heavy (non-hydrogen) atoms. The highest BCUT2D eigenvalue weighted by Gasteiger charge is 2.54. The third-order valence-corrected chi connectivity index (χ3v) is 19.7. The number of rotatable bonds is 4. The van der Waals surface area contributed by atoms with Gasteiger partial charge >= 0.3 is 0 Å². The van der Waals surface area contributed by atoms with Crippen LogP contribution in [0.2, 0.25) is 0 Å². The van der Waals surface area contributed by atoms with Crippen molar-refractivity contribution >= 4 is 57.2 Å². The predicted molar refractivity (Wildman–Crippen MR) is 344 cm³/mol. The summed E-state index contributed by atoms with van der Waals surface area (Å²) in [6.07, 6.45) is 0. The lowest BCUT2D eigenvalue weighted by atomic mass is 9.33. The van der Waals surface area contributed by atoms with Crippen LogP contribution in [0.4, 0.5) is 34.1 Å². The highest BCUT2D eigenvalue weighted by atomic mass is 15.2. The average Bonchev–Trinajstić information content (AvgIpc) is 2.97. The number of hydrogen-bond donors (Lipinski definition) is 0. The van der Waals surface area contributed by atoms with Crippen molar-refractivity contribution in [1.29, 1.82) is 0 Å². The van der Waals surface area contributed by atoms with E-state index in [9.17, 15) is 0 Å². The molecule has 0 unspecified atom stereocenters. The molecule has 3 heteroatoms. The summed E-state index contributed by atoms with van der Waals surface area (Å²) in [6.45, 7) is -0.0526. The van der Waals surface area contributed by atoms with Gasteiger partial charge < -0.3 is 9.80 Å². The molecule has 2 spiro atoms. The van der Waals surface area contributed by atoms with Gasteiger partial charge in [-0.3, -0.25) is 0 Å². The van der Waals surface area contributed by atoms with E-state index in [-0.39, 0.29) is 6.71 Å². The van der Waals surface area contributed by atoms with Crippen molar-refractivity contribution in [2.75, 3.05) is 9.80 Å².